The summed E-state index contributed by atoms with van der Waals surface area (Å²) in [7, 11) is -1.78. The van der Waals surface area contributed by atoms with Crippen LogP contribution in [0.2, 0.25) is 0 Å². The molecule has 2 rings (SSSR count). The Morgan fingerprint density at radius 3 is 2.45 bits per heavy atom. The lowest BCUT2D eigenvalue weighted by molar-refractivity contribution is 0.0528. The zero-order valence-corrected chi connectivity index (χ0v) is 18.2. The average molecular weight is 431 g/mol. The summed E-state index contributed by atoms with van der Waals surface area (Å²) in [6, 6.07) is 1.55. The van der Waals surface area contributed by atoms with Crippen molar-refractivity contribution in [2.45, 2.75) is 32.1 Å². The summed E-state index contributed by atoms with van der Waals surface area (Å²) in [5, 5.41) is 9.50. The van der Waals surface area contributed by atoms with Crippen molar-refractivity contribution >= 4 is 22.1 Å². The van der Waals surface area contributed by atoms with Crippen molar-refractivity contribution in [3.8, 4) is 0 Å². The zero-order valence-electron chi connectivity index (χ0n) is 17.3. The molecule has 0 atom stereocenters. The number of hydrogen-bond acceptors (Lipinski definition) is 7. The first-order chi connectivity index (χ1) is 13.6. The molecule has 12 heteroatoms. The van der Waals surface area contributed by atoms with Crippen molar-refractivity contribution in [2.24, 2.45) is 4.99 Å². The molecule has 0 saturated carbocycles. The average Bonchev–Trinajstić information content (AvgIpc) is 3.13. The molecule has 1 fully saturated rings. The van der Waals surface area contributed by atoms with Gasteiger partial charge in [-0.05, 0) is 20.8 Å². The van der Waals surface area contributed by atoms with Gasteiger partial charge >= 0.3 is 6.09 Å². The predicted molar refractivity (Wildman–Crippen MR) is 108 cm³/mol. The smallest absolute Gasteiger partial charge is 0.407 e. The number of piperazine rings is 1. The normalized spacial score (nSPS) is 16.6. The van der Waals surface area contributed by atoms with E-state index in [-0.39, 0.29) is 5.75 Å². The van der Waals surface area contributed by atoms with Crippen molar-refractivity contribution in [3.05, 3.63) is 18.0 Å². The number of carbonyl (C=O) groups excluding carboxylic acids is 1. The maximum absolute atomic E-state index is 12.5. The first kappa shape index (κ1) is 22.9. The van der Waals surface area contributed by atoms with Gasteiger partial charge < -0.3 is 24.8 Å². The molecule has 1 aromatic rings. The van der Waals surface area contributed by atoms with Crippen LogP contribution in [0.1, 0.15) is 26.5 Å². The Bertz CT molecular complexity index is 780. The number of ether oxygens (including phenoxy) is 1. The molecular formula is C17H30N6O5S. The van der Waals surface area contributed by atoms with Crippen molar-refractivity contribution < 1.29 is 22.5 Å². The highest BCUT2D eigenvalue weighted by atomic mass is 32.2. The van der Waals surface area contributed by atoms with Crippen LogP contribution < -0.4 is 10.6 Å². The van der Waals surface area contributed by atoms with E-state index in [9.17, 15) is 13.2 Å². The second-order valence-corrected chi connectivity index (χ2v) is 9.50. The minimum absolute atomic E-state index is 0.174. The first-order valence-electron chi connectivity index (χ1n) is 9.40. The number of aromatic nitrogens is 1. The summed E-state index contributed by atoms with van der Waals surface area (Å²) in [5.74, 6) is 0.483. The Balaban J connectivity index is 1.75. The molecule has 1 aromatic heterocycles. The third-order valence-corrected chi connectivity index (χ3v) is 5.85. The van der Waals surface area contributed by atoms with E-state index in [2.05, 4.69) is 20.8 Å². The quantitative estimate of drug-likeness (QED) is 0.373. The second-order valence-electron chi connectivity index (χ2n) is 7.54. The molecule has 164 valence electrons. The van der Waals surface area contributed by atoms with Crippen LogP contribution in [-0.2, 0) is 20.5 Å². The fourth-order valence-corrected chi connectivity index (χ4v) is 4.18. The van der Waals surface area contributed by atoms with Crippen molar-refractivity contribution in [2.75, 3.05) is 46.3 Å². The van der Waals surface area contributed by atoms with E-state index in [0.29, 0.717) is 50.9 Å². The van der Waals surface area contributed by atoms with Gasteiger partial charge in [0.05, 0.1) is 5.69 Å². The maximum atomic E-state index is 12.5. The van der Waals surface area contributed by atoms with Gasteiger partial charge in [-0.2, -0.15) is 4.31 Å². The van der Waals surface area contributed by atoms with E-state index in [1.807, 2.05) is 4.90 Å². The standard InChI is InChI=1S/C17H30N6O5S/c1-17(2,3)28-16(24)20-7-6-19-15(18-4)22-8-10-23(11-9-22)29(25,26)13-14-5-12-27-21-14/h5,12H,6-11,13H2,1-4H3,(H,18,19)(H,20,24). The molecule has 29 heavy (non-hydrogen) atoms. The third-order valence-electron chi connectivity index (χ3n) is 4.04. The highest BCUT2D eigenvalue weighted by molar-refractivity contribution is 7.88. The predicted octanol–water partition coefficient (Wildman–Crippen LogP) is 0.222. The summed E-state index contributed by atoms with van der Waals surface area (Å²) in [6.45, 7) is 7.99. The molecule has 0 spiro atoms. The molecule has 0 unspecified atom stereocenters. The highest BCUT2D eigenvalue weighted by Gasteiger charge is 2.29. The molecule has 0 aliphatic carbocycles. The minimum atomic E-state index is -3.45. The van der Waals surface area contributed by atoms with Crippen LogP contribution >= 0.6 is 0 Å². The molecule has 11 nitrogen and oxygen atoms in total. The Morgan fingerprint density at radius 1 is 1.24 bits per heavy atom. The molecule has 0 bridgehead atoms. The van der Waals surface area contributed by atoms with Crippen LogP contribution in [0.5, 0.6) is 0 Å². The van der Waals surface area contributed by atoms with Gasteiger partial charge in [-0.3, -0.25) is 4.99 Å². The summed E-state index contributed by atoms with van der Waals surface area (Å²) in [6.07, 6.45) is 0.885. The fraction of sp³-hybridized carbons (Fsp3) is 0.706. The van der Waals surface area contributed by atoms with Gasteiger partial charge in [0.1, 0.15) is 17.6 Å². The molecule has 1 aliphatic rings. The summed E-state index contributed by atoms with van der Waals surface area (Å²) in [5.41, 5.74) is -0.149. The molecule has 1 aliphatic heterocycles. The topological polar surface area (TPSA) is 129 Å². The van der Waals surface area contributed by atoms with E-state index in [1.54, 1.807) is 33.9 Å². The van der Waals surface area contributed by atoms with Gasteiger partial charge in [-0.15, -0.1) is 0 Å². The van der Waals surface area contributed by atoms with Crippen molar-refractivity contribution in [1.29, 1.82) is 0 Å². The number of rotatable bonds is 6. The van der Waals surface area contributed by atoms with Gasteiger partial charge in [-0.25, -0.2) is 13.2 Å². The molecule has 2 N–H and O–H groups in total. The monoisotopic (exact) mass is 430 g/mol. The lowest BCUT2D eigenvalue weighted by Gasteiger charge is -2.35. The first-order valence-corrected chi connectivity index (χ1v) is 11.0. The Morgan fingerprint density at radius 2 is 1.90 bits per heavy atom. The Labute approximate surface area is 171 Å². The second kappa shape index (κ2) is 9.92. The van der Waals surface area contributed by atoms with Gasteiger partial charge in [0.15, 0.2) is 5.96 Å². The maximum Gasteiger partial charge on any atom is 0.407 e. The fourth-order valence-electron chi connectivity index (χ4n) is 2.75. The lowest BCUT2D eigenvalue weighted by Crippen LogP contribution is -2.54. The number of aliphatic imine (C=N–C) groups is 1. The number of nitrogens with one attached hydrogen (secondary N) is 2. The van der Waals surface area contributed by atoms with Crippen molar-refractivity contribution in [3.63, 3.8) is 0 Å². The van der Waals surface area contributed by atoms with Crippen molar-refractivity contribution in [1.82, 2.24) is 25.0 Å². The summed E-state index contributed by atoms with van der Waals surface area (Å²) >= 11 is 0. The van der Waals surface area contributed by atoms with Gasteiger partial charge in [-0.1, -0.05) is 5.16 Å². The van der Waals surface area contributed by atoms with Crippen LogP contribution in [0.25, 0.3) is 0 Å². The number of amides is 1. The van der Waals surface area contributed by atoms with Gasteiger partial charge in [0.25, 0.3) is 0 Å². The van der Waals surface area contributed by atoms with Gasteiger partial charge in [0.2, 0.25) is 10.0 Å². The summed E-state index contributed by atoms with van der Waals surface area (Å²) < 4.78 is 36.3. The van der Waals surface area contributed by atoms with Crippen LogP contribution in [-0.4, -0.2) is 86.7 Å². The lowest BCUT2D eigenvalue weighted by atomic mass is 10.2. The van der Waals surface area contributed by atoms with E-state index >= 15 is 0 Å². The molecular weight excluding hydrogens is 400 g/mol. The number of nitrogens with zero attached hydrogens (tertiary/aromatic N) is 4. The Kier molecular flexibility index (Phi) is 7.85. The molecule has 2 heterocycles. The zero-order chi connectivity index (χ0) is 21.5. The number of sulfonamides is 1. The molecule has 1 saturated heterocycles. The van der Waals surface area contributed by atoms with E-state index < -0.39 is 21.7 Å². The molecule has 0 aromatic carbocycles. The van der Waals surface area contributed by atoms with E-state index in [1.165, 1.54) is 10.6 Å². The van der Waals surface area contributed by atoms with Crippen LogP contribution in [0, 0.1) is 0 Å². The number of alkyl carbamates (subject to hydrolysis) is 1. The van der Waals surface area contributed by atoms with Gasteiger partial charge in [0, 0.05) is 52.4 Å². The largest absolute Gasteiger partial charge is 0.444 e. The Hall–Kier alpha value is -2.34. The number of carbonyl (C=O) groups is 1. The van der Waals surface area contributed by atoms with E-state index in [0.717, 1.165) is 0 Å². The highest BCUT2D eigenvalue weighted by Crippen LogP contribution is 2.12. The minimum Gasteiger partial charge on any atom is -0.444 e. The molecule has 1 amide bonds. The van der Waals surface area contributed by atoms with Crippen LogP contribution in [0.15, 0.2) is 21.8 Å². The van der Waals surface area contributed by atoms with Crippen LogP contribution in [0.4, 0.5) is 4.79 Å². The number of guanidine groups is 1. The van der Waals surface area contributed by atoms with E-state index in [4.69, 9.17) is 9.26 Å². The SMILES string of the molecule is CN=C(NCCNC(=O)OC(C)(C)C)N1CCN(S(=O)(=O)Cc2ccon2)CC1. The van der Waals surface area contributed by atoms with Crippen LogP contribution in [0.3, 0.4) is 0 Å². The summed E-state index contributed by atoms with van der Waals surface area (Å²) in [4.78, 5) is 17.9. The molecule has 0 radical (unpaired) electrons. The number of hydrogen-bond donors (Lipinski definition) is 2. The third kappa shape index (κ3) is 7.54.